The minimum absolute atomic E-state index is 0.00833. The van der Waals surface area contributed by atoms with Gasteiger partial charge in [-0.1, -0.05) is 0 Å². The van der Waals surface area contributed by atoms with Crippen LogP contribution in [0.4, 0.5) is 5.69 Å². The minimum atomic E-state index is -0.790. The van der Waals surface area contributed by atoms with Crippen LogP contribution >= 0.6 is 11.3 Å². The lowest BCUT2D eigenvalue weighted by atomic mass is 10.1. The fourth-order valence-electron chi connectivity index (χ4n) is 2.13. The van der Waals surface area contributed by atoms with Crippen molar-refractivity contribution in [3.05, 3.63) is 62.1 Å². The number of nitro groups is 1. The Bertz CT molecular complexity index is 984. The highest BCUT2D eigenvalue weighted by Crippen LogP contribution is 2.24. The fourth-order valence-corrected chi connectivity index (χ4v) is 2.90. The van der Waals surface area contributed by atoms with Gasteiger partial charge in [0, 0.05) is 11.6 Å². The summed E-state index contributed by atoms with van der Waals surface area (Å²) in [6.45, 7) is -0.346. The molecule has 26 heavy (non-hydrogen) atoms. The van der Waals surface area contributed by atoms with E-state index in [1.807, 2.05) is 0 Å². The molecule has 1 amide bonds. The maximum atomic E-state index is 12.3. The molecule has 3 aromatic rings. The first-order valence-electron chi connectivity index (χ1n) is 7.02. The molecule has 0 aliphatic heterocycles. The third kappa shape index (κ3) is 3.39. The number of rotatable bonds is 6. The number of carbonyl (C=O) groups is 2. The fraction of sp³-hybridized carbons (Fsp3) is 0.0714. The molecule has 0 unspecified atom stereocenters. The maximum Gasteiger partial charge on any atom is 0.350 e. The lowest BCUT2D eigenvalue weighted by Crippen LogP contribution is -2.12. The highest BCUT2D eigenvalue weighted by Gasteiger charge is 2.21. The van der Waals surface area contributed by atoms with E-state index in [2.05, 4.69) is 15.5 Å². The van der Waals surface area contributed by atoms with E-state index in [0.29, 0.717) is 5.69 Å². The van der Waals surface area contributed by atoms with Crippen molar-refractivity contribution in [2.45, 2.75) is 6.61 Å². The van der Waals surface area contributed by atoms with Crippen LogP contribution in [-0.2, 0) is 11.3 Å². The van der Waals surface area contributed by atoms with Crippen molar-refractivity contribution in [3.8, 4) is 5.69 Å². The van der Waals surface area contributed by atoms with E-state index in [0.717, 1.165) is 17.4 Å². The van der Waals surface area contributed by atoms with Gasteiger partial charge in [0.05, 0.1) is 16.2 Å². The van der Waals surface area contributed by atoms with Crippen molar-refractivity contribution in [1.82, 2.24) is 20.2 Å². The highest BCUT2D eigenvalue weighted by molar-refractivity contribution is 7.12. The second-order valence-electron chi connectivity index (χ2n) is 4.93. The summed E-state index contributed by atoms with van der Waals surface area (Å²) in [6.07, 6.45) is 1.33. The molecule has 11 nitrogen and oxygen atoms in total. The van der Waals surface area contributed by atoms with Crippen molar-refractivity contribution in [2.75, 3.05) is 0 Å². The molecule has 132 valence electrons. The quantitative estimate of drug-likeness (QED) is 0.381. The SMILES string of the molecule is NC(=O)c1ccc(COC(=O)c2sccc2-n2cnnn2)c([N+](=O)[O-])c1. The van der Waals surface area contributed by atoms with E-state index in [1.54, 1.807) is 11.4 Å². The summed E-state index contributed by atoms with van der Waals surface area (Å²) in [5, 5.41) is 23.5. The summed E-state index contributed by atoms with van der Waals surface area (Å²) >= 11 is 1.12. The number of nitrogens with zero attached hydrogens (tertiary/aromatic N) is 5. The van der Waals surface area contributed by atoms with E-state index in [1.165, 1.54) is 23.1 Å². The summed E-state index contributed by atoms with van der Waals surface area (Å²) in [5.41, 5.74) is 5.32. The Morgan fingerprint density at radius 1 is 1.35 bits per heavy atom. The minimum Gasteiger partial charge on any atom is -0.456 e. The van der Waals surface area contributed by atoms with Gasteiger partial charge in [0.25, 0.3) is 5.69 Å². The molecular weight excluding hydrogens is 364 g/mol. The first-order valence-corrected chi connectivity index (χ1v) is 7.90. The number of thiophene rings is 1. The topological polar surface area (TPSA) is 156 Å². The summed E-state index contributed by atoms with van der Waals surface area (Å²) in [7, 11) is 0. The molecule has 0 aliphatic rings. The number of ether oxygens (including phenoxy) is 1. The Labute approximate surface area is 149 Å². The zero-order chi connectivity index (χ0) is 18.7. The summed E-state index contributed by atoms with van der Waals surface area (Å²) < 4.78 is 6.47. The van der Waals surface area contributed by atoms with Crippen molar-refractivity contribution in [1.29, 1.82) is 0 Å². The Kier molecular flexibility index (Phi) is 4.66. The average molecular weight is 374 g/mol. The number of hydrogen-bond donors (Lipinski definition) is 1. The summed E-state index contributed by atoms with van der Waals surface area (Å²) in [5.74, 6) is -1.47. The number of benzene rings is 1. The van der Waals surface area contributed by atoms with Gasteiger partial charge in [-0.05, 0) is 34.0 Å². The molecule has 2 heterocycles. The van der Waals surface area contributed by atoms with Gasteiger partial charge in [0.2, 0.25) is 5.91 Å². The third-order valence-corrected chi connectivity index (χ3v) is 4.23. The number of nitro benzene ring substituents is 1. The first kappa shape index (κ1) is 17.2. The normalized spacial score (nSPS) is 10.5. The van der Waals surface area contributed by atoms with Crippen LogP contribution in [0.25, 0.3) is 5.69 Å². The van der Waals surface area contributed by atoms with E-state index in [-0.39, 0.29) is 28.3 Å². The molecule has 0 atom stereocenters. The molecule has 0 spiro atoms. The second-order valence-corrected chi connectivity index (χ2v) is 5.85. The van der Waals surface area contributed by atoms with Gasteiger partial charge in [-0.2, -0.15) is 4.68 Å². The van der Waals surface area contributed by atoms with Crippen molar-refractivity contribution in [3.63, 3.8) is 0 Å². The molecule has 0 fully saturated rings. The number of primary amides is 1. The zero-order valence-electron chi connectivity index (χ0n) is 12.9. The highest BCUT2D eigenvalue weighted by atomic mass is 32.1. The van der Waals surface area contributed by atoms with Crippen LogP contribution in [0, 0.1) is 10.1 Å². The monoisotopic (exact) mass is 374 g/mol. The van der Waals surface area contributed by atoms with Gasteiger partial charge in [-0.15, -0.1) is 16.4 Å². The van der Waals surface area contributed by atoms with Crippen LogP contribution in [0.3, 0.4) is 0 Å². The largest absolute Gasteiger partial charge is 0.456 e. The van der Waals surface area contributed by atoms with Gasteiger partial charge in [0.15, 0.2) is 0 Å². The van der Waals surface area contributed by atoms with Gasteiger partial charge < -0.3 is 10.5 Å². The number of esters is 1. The number of amides is 1. The molecular formula is C14H10N6O5S. The molecule has 0 saturated carbocycles. The van der Waals surface area contributed by atoms with Gasteiger partial charge >= 0.3 is 5.97 Å². The molecule has 3 rings (SSSR count). The van der Waals surface area contributed by atoms with Crippen LogP contribution < -0.4 is 5.73 Å². The van der Waals surface area contributed by atoms with Crippen LogP contribution in [0.2, 0.25) is 0 Å². The zero-order valence-corrected chi connectivity index (χ0v) is 13.8. The molecule has 2 N–H and O–H groups in total. The molecule has 1 aromatic carbocycles. The summed E-state index contributed by atoms with van der Waals surface area (Å²) in [6, 6.07) is 5.34. The van der Waals surface area contributed by atoms with Crippen LogP contribution in [0.5, 0.6) is 0 Å². The number of nitrogens with two attached hydrogens (primary N) is 1. The molecule has 12 heteroatoms. The van der Waals surface area contributed by atoms with Crippen LogP contribution in [0.1, 0.15) is 25.6 Å². The molecule has 0 radical (unpaired) electrons. The number of tetrazole rings is 1. The third-order valence-electron chi connectivity index (χ3n) is 3.35. The standard InChI is InChI=1S/C14H10N6O5S/c15-13(21)8-1-2-9(11(5-8)20(23)24)6-25-14(22)12-10(3-4-26-12)19-7-16-17-18-19/h1-5,7H,6H2,(H2,15,21). The van der Waals surface area contributed by atoms with E-state index >= 15 is 0 Å². The van der Waals surface area contributed by atoms with Gasteiger partial charge in [-0.3, -0.25) is 14.9 Å². The molecule has 0 bridgehead atoms. The maximum absolute atomic E-state index is 12.3. The van der Waals surface area contributed by atoms with Gasteiger partial charge in [-0.25, -0.2) is 4.79 Å². The summed E-state index contributed by atoms with van der Waals surface area (Å²) in [4.78, 5) is 34.2. The molecule has 2 aromatic heterocycles. The first-order chi connectivity index (χ1) is 12.5. The lowest BCUT2D eigenvalue weighted by molar-refractivity contribution is -0.385. The van der Waals surface area contributed by atoms with Gasteiger partial charge in [0.1, 0.15) is 17.8 Å². The predicted octanol–water partition coefficient (Wildman–Crippen LogP) is 1.09. The Balaban J connectivity index is 1.80. The van der Waals surface area contributed by atoms with Crippen molar-refractivity contribution < 1.29 is 19.2 Å². The smallest absolute Gasteiger partial charge is 0.350 e. The predicted molar refractivity (Wildman–Crippen MR) is 87.8 cm³/mol. The van der Waals surface area contributed by atoms with Crippen molar-refractivity contribution in [2.24, 2.45) is 5.73 Å². The van der Waals surface area contributed by atoms with E-state index in [4.69, 9.17) is 10.5 Å². The van der Waals surface area contributed by atoms with E-state index in [9.17, 15) is 19.7 Å². The van der Waals surface area contributed by atoms with Crippen LogP contribution in [-0.4, -0.2) is 37.0 Å². The Morgan fingerprint density at radius 2 is 2.15 bits per heavy atom. The Morgan fingerprint density at radius 3 is 2.81 bits per heavy atom. The number of aromatic nitrogens is 4. The molecule has 0 aliphatic carbocycles. The Hall–Kier alpha value is -3.67. The van der Waals surface area contributed by atoms with Crippen LogP contribution in [0.15, 0.2) is 36.0 Å². The number of carbonyl (C=O) groups excluding carboxylic acids is 2. The average Bonchev–Trinajstić information content (AvgIpc) is 3.29. The number of hydrogen-bond acceptors (Lipinski definition) is 9. The van der Waals surface area contributed by atoms with E-state index < -0.39 is 16.8 Å². The second kappa shape index (κ2) is 7.06. The lowest BCUT2D eigenvalue weighted by Gasteiger charge is -2.07. The molecule has 0 saturated heterocycles. The van der Waals surface area contributed by atoms with Crippen molar-refractivity contribution >= 4 is 28.9 Å².